The highest BCUT2D eigenvalue weighted by Gasteiger charge is 2.24. The van der Waals surface area contributed by atoms with Gasteiger partial charge in [0.2, 0.25) is 0 Å². The van der Waals surface area contributed by atoms with Crippen LogP contribution in [0.3, 0.4) is 0 Å². The maximum Gasteiger partial charge on any atom is 0.0546 e. The molecule has 61 heavy (non-hydrogen) atoms. The van der Waals surface area contributed by atoms with Gasteiger partial charge in [-0.3, -0.25) is 0 Å². The van der Waals surface area contributed by atoms with Gasteiger partial charge in [-0.25, -0.2) is 0 Å². The maximum absolute atomic E-state index is 2.45. The molecule has 11 aromatic rings. The van der Waals surface area contributed by atoms with E-state index in [4.69, 9.17) is 0 Å². The zero-order chi connectivity index (χ0) is 40.5. The molecule has 0 amide bonds. The minimum atomic E-state index is 1.08. The van der Waals surface area contributed by atoms with E-state index in [0.29, 0.717) is 0 Å². The average Bonchev–Trinajstić information content (AvgIpc) is 3.34. The zero-order valence-corrected chi connectivity index (χ0v) is 33.6. The monoisotopic (exact) mass is 775 g/mol. The molecule has 0 bridgehead atoms. The Morgan fingerprint density at radius 1 is 0.230 bits per heavy atom. The molecule has 0 aliphatic heterocycles. The second-order valence-corrected chi connectivity index (χ2v) is 15.7. The first kappa shape index (κ1) is 36.1. The van der Waals surface area contributed by atoms with E-state index in [1.807, 2.05) is 0 Å². The van der Waals surface area contributed by atoms with Gasteiger partial charge in [-0.1, -0.05) is 206 Å². The highest BCUT2D eigenvalue weighted by molar-refractivity contribution is 6.17. The van der Waals surface area contributed by atoms with Crippen molar-refractivity contribution in [3.05, 3.63) is 249 Å². The van der Waals surface area contributed by atoms with E-state index in [1.54, 1.807) is 0 Å². The molecule has 0 saturated carbocycles. The lowest BCUT2D eigenvalue weighted by Crippen LogP contribution is -2.12. The van der Waals surface area contributed by atoms with Crippen molar-refractivity contribution in [3.63, 3.8) is 0 Å². The molecule has 0 saturated heterocycles. The van der Waals surface area contributed by atoms with Crippen LogP contribution in [0.25, 0.3) is 88.0 Å². The smallest absolute Gasteiger partial charge is 0.0546 e. The minimum absolute atomic E-state index is 1.08. The Morgan fingerprint density at radius 2 is 0.721 bits per heavy atom. The van der Waals surface area contributed by atoms with Crippen LogP contribution in [-0.4, -0.2) is 0 Å². The van der Waals surface area contributed by atoms with E-state index in [1.165, 1.54) is 88.0 Å². The first-order valence-electron chi connectivity index (χ1n) is 21.0. The van der Waals surface area contributed by atoms with Gasteiger partial charge in [0.25, 0.3) is 0 Å². The van der Waals surface area contributed by atoms with Crippen LogP contribution < -0.4 is 4.90 Å². The molecular weight excluding hydrogens is 735 g/mol. The van der Waals surface area contributed by atoms with Crippen molar-refractivity contribution >= 4 is 49.4 Å². The van der Waals surface area contributed by atoms with Gasteiger partial charge in [-0.05, 0) is 125 Å². The fourth-order valence-electron chi connectivity index (χ4n) is 9.12. The molecule has 1 nitrogen and oxygen atoms in total. The van der Waals surface area contributed by atoms with Gasteiger partial charge >= 0.3 is 0 Å². The van der Waals surface area contributed by atoms with Gasteiger partial charge in [0.15, 0.2) is 0 Å². The van der Waals surface area contributed by atoms with Crippen LogP contribution in [0, 0.1) is 0 Å². The summed E-state index contributed by atoms with van der Waals surface area (Å²) in [6, 6.07) is 90.6. The van der Waals surface area contributed by atoms with E-state index in [9.17, 15) is 0 Å². The topological polar surface area (TPSA) is 3.24 Å². The van der Waals surface area contributed by atoms with Gasteiger partial charge in [0.1, 0.15) is 0 Å². The number of fused-ring (bicyclic) bond motifs is 4. The largest absolute Gasteiger partial charge is 0.310 e. The molecule has 0 unspecified atom stereocenters. The molecule has 0 aromatic heterocycles. The Labute approximate surface area is 357 Å². The van der Waals surface area contributed by atoms with Gasteiger partial charge in [-0.2, -0.15) is 0 Å². The van der Waals surface area contributed by atoms with Crippen LogP contribution in [0.2, 0.25) is 0 Å². The van der Waals surface area contributed by atoms with Crippen LogP contribution in [0.4, 0.5) is 17.1 Å². The average molecular weight is 776 g/mol. The molecule has 0 radical (unpaired) electrons. The molecule has 0 fully saturated rings. The molecule has 0 heterocycles. The Balaban J connectivity index is 1.18. The lowest BCUT2D eigenvalue weighted by atomic mass is 9.85. The fraction of sp³-hybridized carbons (Fsp3) is 0. The molecule has 11 aromatic carbocycles. The molecule has 0 spiro atoms. The standard InChI is InChI=1S/C60H41N/c1-3-16-42(17-4-1)44-32-36-50(37-33-44)61(51-38-34-45(35-39-51)48-31-30-43-18-7-8-21-47(43)40-48)59-29-15-28-57(55-26-12-11-23-52(55)46-19-5-2-6-20-46)60(59)58-41-49-22-9-10-24-53(49)54-25-13-14-27-56(54)58/h1-41H. The van der Waals surface area contributed by atoms with Crippen molar-refractivity contribution < 1.29 is 0 Å². The van der Waals surface area contributed by atoms with E-state index >= 15 is 0 Å². The highest BCUT2D eigenvalue weighted by atomic mass is 15.1. The van der Waals surface area contributed by atoms with Crippen LogP contribution >= 0.6 is 0 Å². The van der Waals surface area contributed by atoms with Crippen LogP contribution in [0.1, 0.15) is 0 Å². The third-order valence-electron chi connectivity index (χ3n) is 12.1. The van der Waals surface area contributed by atoms with Crippen molar-refractivity contribution in [2.24, 2.45) is 0 Å². The predicted molar refractivity (Wildman–Crippen MR) is 261 cm³/mol. The summed E-state index contributed by atoms with van der Waals surface area (Å²) >= 11 is 0. The summed E-state index contributed by atoms with van der Waals surface area (Å²) in [6.45, 7) is 0. The summed E-state index contributed by atoms with van der Waals surface area (Å²) in [6.07, 6.45) is 0. The molecule has 0 N–H and O–H groups in total. The Bertz CT molecular complexity index is 3330. The third kappa shape index (κ3) is 6.73. The first-order chi connectivity index (χ1) is 30.3. The maximum atomic E-state index is 2.45. The van der Waals surface area contributed by atoms with Gasteiger partial charge < -0.3 is 4.90 Å². The molecule has 0 aliphatic rings. The van der Waals surface area contributed by atoms with E-state index < -0.39 is 0 Å². The molecule has 0 aliphatic carbocycles. The molecular formula is C60H41N. The van der Waals surface area contributed by atoms with Crippen molar-refractivity contribution in [1.29, 1.82) is 0 Å². The Hall–Kier alpha value is -8.00. The summed E-state index contributed by atoms with van der Waals surface area (Å²) in [5, 5.41) is 7.42. The molecule has 11 rings (SSSR count). The second kappa shape index (κ2) is 15.6. The fourth-order valence-corrected chi connectivity index (χ4v) is 9.12. The van der Waals surface area contributed by atoms with E-state index in [2.05, 4.69) is 254 Å². The minimum Gasteiger partial charge on any atom is -0.310 e. The summed E-state index contributed by atoms with van der Waals surface area (Å²) in [7, 11) is 0. The van der Waals surface area contributed by atoms with E-state index in [0.717, 1.165) is 17.1 Å². The van der Waals surface area contributed by atoms with Crippen LogP contribution in [0.15, 0.2) is 249 Å². The third-order valence-corrected chi connectivity index (χ3v) is 12.1. The van der Waals surface area contributed by atoms with Crippen molar-refractivity contribution in [2.75, 3.05) is 4.90 Å². The highest BCUT2D eigenvalue weighted by Crippen LogP contribution is 2.50. The molecule has 286 valence electrons. The number of hydrogen-bond donors (Lipinski definition) is 0. The van der Waals surface area contributed by atoms with Gasteiger partial charge in [-0.15, -0.1) is 0 Å². The number of nitrogens with zero attached hydrogens (tertiary/aromatic N) is 1. The number of hydrogen-bond acceptors (Lipinski definition) is 1. The Morgan fingerprint density at radius 3 is 1.43 bits per heavy atom. The lowest BCUT2D eigenvalue weighted by Gasteiger charge is -2.30. The van der Waals surface area contributed by atoms with Crippen molar-refractivity contribution in [2.45, 2.75) is 0 Å². The molecule has 1 heteroatoms. The summed E-state index contributed by atoms with van der Waals surface area (Å²) < 4.78 is 0. The first-order valence-corrected chi connectivity index (χ1v) is 21.0. The number of rotatable bonds is 8. The predicted octanol–water partition coefficient (Wildman–Crippen LogP) is 17.0. The van der Waals surface area contributed by atoms with Crippen LogP contribution in [-0.2, 0) is 0 Å². The quantitative estimate of drug-likeness (QED) is 0.139. The number of anilines is 3. The summed E-state index contributed by atoms with van der Waals surface area (Å²) in [5.41, 5.74) is 15.2. The van der Waals surface area contributed by atoms with Crippen LogP contribution in [0.5, 0.6) is 0 Å². The zero-order valence-electron chi connectivity index (χ0n) is 33.6. The van der Waals surface area contributed by atoms with Crippen molar-refractivity contribution in [1.82, 2.24) is 0 Å². The second-order valence-electron chi connectivity index (χ2n) is 15.7. The van der Waals surface area contributed by atoms with Gasteiger partial charge in [0, 0.05) is 16.9 Å². The lowest BCUT2D eigenvalue weighted by molar-refractivity contribution is 1.28. The SMILES string of the molecule is c1ccc(-c2ccc(N(c3ccc(-c4ccc5ccccc5c4)cc3)c3cccc(-c4ccccc4-c4ccccc4)c3-c3cc4ccccc4c4ccccc34)cc2)cc1. The Kier molecular flexibility index (Phi) is 9.26. The normalized spacial score (nSPS) is 11.3. The van der Waals surface area contributed by atoms with E-state index in [-0.39, 0.29) is 0 Å². The summed E-state index contributed by atoms with van der Waals surface area (Å²) in [4.78, 5) is 2.45. The van der Waals surface area contributed by atoms with Crippen molar-refractivity contribution in [3.8, 4) is 55.6 Å². The number of benzene rings is 11. The summed E-state index contributed by atoms with van der Waals surface area (Å²) in [5.74, 6) is 0. The molecule has 0 atom stereocenters. The van der Waals surface area contributed by atoms with Gasteiger partial charge in [0.05, 0.1) is 5.69 Å².